The first-order valence-corrected chi connectivity index (χ1v) is 8.68. The molecule has 0 aliphatic carbocycles. The molecular weight excluding hydrogens is 300 g/mol. The highest BCUT2D eigenvalue weighted by Gasteiger charge is 2.24. The normalized spacial score (nSPS) is 15.7. The lowest BCUT2D eigenvalue weighted by molar-refractivity contribution is 0.0627. The van der Waals surface area contributed by atoms with Crippen molar-refractivity contribution in [2.75, 3.05) is 26.2 Å². The van der Waals surface area contributed by atoms with Gasteiger partial charge in [-0.2, -0.15) is 5.10 Å². The Labute approximate surface area is 143 Å². The van der Waals surface area contributed by atoms with Crippen molar-refractivity contribution in [2.45, 2.75) is 33.9 Å². The third-order valence-corrected chi connectivity index (χ3v) is 4.82. The molecule has 24 heavy (non-hydrogen) atoms. The summed E-state index contributed by atoms with van der Waals surface area (Å²) in [6.45, 7) is 11.2. The molecule has 5 nitrogen and oxygen atoms in total. The fourth-order valence-corrected chi connectivity index (χ4v) is 3.20. The molecule has 0 N–H and O–H groups in total. The minimum absolute atomic E-state index is 0.114. The van der Waals surface area contributed by atoms with Gasteiger partial charge in [0.2, 0.25) is 0 Å². The van der Waals surface area contributed by atoms with Crippen molar-refractivity contribution in [1.82, 2.24) is 19.6 Å². The van der Waals surface area contributed by atoms with E-state index in [4.69, 9.17) is 0 Å². The van der Waals surface area contributed by atoms with Gasteiger partial charge in [0.1, 0.15) is 0 Å². The highest BCUT2D eigenvalue weighted by Crippen LogP contribution is 2.15. The Morgan fingerprint density at radius 1 is 1.12 bits per heavy atom. The van der Waals surface area contributed by atoms with Crippen molar-refractivity contribution in [3.63, 3.8) is 0 Å². The van der Waals surface area contributed by atoms with Crippen LogP contribution >= 0.6 is 0 Å². The second-order valence-corrected chi connectivity index (χ2v) is 6.48. The highest BCUT2D eigenvalue weighted by atomic mass is 16.2. The molecule has 1 fully saturated rings. The largest absolute Gasteiger partial charge is 0.336 e. The van der Waals surface area contributed by atoms with Crippen LogP contribution in [0.3, 0.4) is 0 Å². The van der Waals surface area contributed by atoms with Crippen molar-refractivity contribution in [3.8, 4) is 0 Å². The van der Waals surface area contributed by atoms with Crippen molar-refractivity contribution < 1.29 is 4.79 Å². The molecule has 2 aromatic rings. The molecule has 0 spiro atoms. The molecule has 1 amide bonds. The van der Waals surface area contributed by atoms with Crippen molar-refractivity contribution in [2.24, 2.45) is 0 Å². The van der Waals surface area contributed by atoms with E-state index >= 15 is 0 Å². The molecule has 128 valence electrons. The van der Waals surface area contributed by atoms with E-state index in [2.05, 4.69) is 41.2 Å². The highest BCUT2D eigenvalue weighted by molar-refractivity contribution is 5.95. The summed E-state index contributed by atoms with van der Waals surface area (Å²) in [5, 5.41) is 4.38. The number of rotatable bonds is 4. The first-order valence-electron chi connectivity index (χ1n) is 8.68. The third kappa shape index (κ3) is 3.51. The average molecular weight is 326 g/mol. The Morgan fingerprint density at radius 3 is 2.46 bits per heavy atom. The lowest BCUT2D eigenvalue weighted by Gasteiger charge is -2.35. The molecule has 1 saturated heterocycles. The number of hydrogen-bond acceptors (Lipinski definition) is 3. The molecule has 1 aliphatic rings. The van der Waals surface area contributed by atoms with E-state index in [0.29, 0.717) is 0 Å². The van der Waals surface area contributed by atoms with Gasteiger partial charge in [0, 0.05) is 45.5 Å². The summed E-state index contributed by atoms with van der Waals surface area (Å²) in [6, 6.07) is 8.52. The second-order valence-electron chi connectivity index (χ2n) is 6.48. The van der Waals surface area contributed by atoms with Gasteiger partial charge in [-0.15, -0.1) is 0 Å². The smallest absolute Gasteiger partial charge is 0.257 e. The number of carbonyl (C=O) groups excluding carboxylic acids is 1. The van der Waals surface area contributed by atoms with E-state index in [1.807, 2.05) is 29.6 Å². The lowest BCUT2D eigenvalue weighted by atomic mass is 10.1. The van der Waals surface area contributed by atoms with Crippen LogP contribution in [-0.4, -0.2) is 51.7 Å². The minimum Gasteiger partial charge on any atom is -0.336 e. The van der Waals surface area contributed by atoms with Crippen LogP contribution in [0.25, 0.3) is 0 Å². The second kappa shape index (κ2) is 7.18. The average Bonchev–Trinajstić information content (AvgIpc) is 2.98. The summed E-state index contributed by atoms with van der Waals surface area (Å²) in [6.07, 6.45) is 1.87. The van der Waals surface area contributed by atoms with E-state index in [9.17, 15) is 4.79 Å². The molecular formula is C19H26N4O. The number of amides is 1. The predicted molar refractivity (Wildman–Crippen MR) is 95.0 cm³/mol. The van der Waals surface area contributed by atoms with Crippen molar-refractivity contribution in [3.05, 3.63) is 52.8 Å². The zero-order chi connectivity index (χ0) is 17.1. The maximum atomic E-state index is 12.7. The Bertz CT molecular complexity index is 714. The van der Waals surface area contributed by atoms with Gasteiger partial charge in [0.25, 0.3) is 5.91 Å². The van der Waals surface area contributed by atoms with Gasteiger partial charge in [0.05, 0.1) is 11.3 Å². The summed E-state index contributed by atoms with van der Waals surface area (Å²) in [5.41, 5.74) is 4.27. The Kier molecular flexibility index (Phi) is 5.00. The van der Waals surface area contributed by atoms with E-state index in [-0.39, 0.29) is 5.91 Å². The molecule has 1 aromatic carbocycles. The number of benzene rings is 1. The number of carbonyl (C=O) groups is 1. The lowest BCUT2D eigenvalue weighted by Crippen LogP contribution is -2.48. The van der Waals surface area contributed by atoms with E-state index in [1.54, 1.807) is 0 Å². The van der Waals surface area contributed by atoms with Crippen molar-refractivity contribution in [1.29, 1.82) is 0 Å². The first kappa shape index (κ1) is 16.7. The predicted octanol–water partition coefficient (Wildman–Crippen LogP) is 2.48. The van der Waals surface area contributed by atoms with Gasteiger partial charge >= 0.3 is 0 Å². The first-order chi connectivity index (χ1) is 11.6. The molecule has 2 heterocycles. The number of aryl methyl sites for hydroxylation is 3. The van der Waals surface area contributed by atoms with Crippen molar-refractivity contribution >= 4 is 5.91 Å². The van der Waals surface area contributed by atoms with Gasteiger partial charge in [-0.25, -0.2) is 0 Å². The number of hydrogen-bond donors (Lipinski definition) is 0. The summed E-state index contributed by atoms with van der Waals surface area (Å²) in [4.78, 5) is 17.1. The molecule has 1 aliphatic heterocycles. The Morgan fingerprint density at radius 2 is 1.83 bits per heavy atom. The van der Waals surface area contributed by atoms with Crippen LogP contribution in [0.15, 0.2) is 30.5 Å². The van der Waals surface area contributed by atoms with Crippen LogP contribution in [0.4, 0.5) is 0 Å². The van der Waals surface area contributed by atoms with Gasteiger partial charge in [-0.1, -0.05) is 24.3 Å². The Balaban J connectivity index is 1.59. The summed E-state index contributed by atoms with van der Waals surface area (Å²) in [5.74, 6) is 0.114. The van der Waals surface area contributed by atoms with Gasteiger partial charge in [-0.05, 0) is 31.9 Å². The summed E-state index contributed by atoms with van der Waals surface area (Å²) in [7, 11) is 0. The molecule has 0 saturated carbocycles. The fraction of sp³-hybridized carbons (Fsp3) is 0.474. The maximum absolute atomic E-state index is 12.7. The van der Waals surface area contributed by atoms with E-state index in [1.165, 1.54) is 11.1 Å². The minimum atomic E-state index is 0.114. The van der Waals surface area contributed by atoms with Crippen LogP contribution in [0, 0.1) is 13.8 Å². The quantitative estimate of drug-likeness (QED) is 0.867. The van der Waals surface area contributed by atoms with Crippen LogP contribution in [-0.2, 0) is 13.1 Å². The number of piperazine rings is 1. The van der Waals surface area contributed by atoms with Gasteiger partial charge in [0.15, 0.2) is 0 Å². The zero-order valence-electron chi connectivity index (χ0n) is 14.8. The van der Waals surface area contributed by atoms with Crippen LogP contribution in [0.2, 0.25) is 0 Å². The summed E-state index contributed by atoms with van der Waals surface area (Å²) >= 11 is 0. The van der Waals surface area contributed by atoms with Crippen LogP contribution < -0.4 is 0 Å². The molecule has 3 rings (SSSR count). The standard InChI is InChI=1S/C19H26N4O/c1-4-23-14-18(16(3)20-23)19(24)22-11-9-21(10-12-22)13-17-8-6-5-7-15(17)2/h5-8,14H,4,9-13H2,1-3H3. The molecule has 1 aromatic heterocycles. The van der Waals surface area contributed by atoms with Crippen LogP contribution in [0.5, 0.6) is 0 Å². The molecule has 0 atom stereocenters. The third-order valence-electron chi connectivity index (χ3n) is 4.82. The zero-order valence-corrected chi connectivity index (χ0v) is 14.8. The molecule has 0 radical (unpaired) electrons. The fourth-order valence-electron chi connectivity index (χ4n) is 3.20. The monoisotopic (exact) mass is 326 g/mol. The number of aromatic nitrogens is 2. The van der Waals surface area contributed by atoms with Gasteiger partial charge < -0.3 is 4.90 Å². The topological polar surface area (TPSA) is 41.4 Å². The SMILES string of the molecule is CCn1cc(C(=O)N2CCN(Cc3ccccc3C)CC2)c(C)n1. The molecule has 5 heteroatoms. The molecule has 0 unspecified atom stereocenters. The van der Waals surface area contributed by atoms with E-state index in [0.717, 1.165) is 50.5 Å². The maximum Gasteiger partial charge on any atom is 0.257 e. The van der Waals surface area contributed by atoms with Gasteiger partial charge in [-0.3, -0.25) is 14.4 Å². The Hall–Kier alpha value is -2.14. The number of nitrogens with zero attached hydrogens (tertiary/aromatic N) is 4. The molecule has 0 bridgehead atoms. The van der Waals surface area contributed by atoms with Crippen LogP contribution in [0.1, 0.15) is 34.1 Å². The van der Waals surface area contributed by atoms with E-state index < -0.39 is 0 Å². The summed E-state index contributed by atoms with van der Waals surface area (Å²) < 4.78 is 1.83.